The van der Waals surface area contributed by atoms with Crippen molar-refractivity contribution in [1.82, 2.24) is 9.55 Å². The fraction of sp³-hybridized carbons (Fsp3) is 0.0833. The monoisotopic (exact) mass is 397 g/mol. The molecular weight excluding hydrogens is 378 g/mol. The summed E-state index contributed by atoms with van der Waals surface area (Å²) in [5, 5.41) is 11.8. The molecule has 0 spiro atoms. The molecule has 0 aliphatic heterocycles. The molecule has 0 amide bonds. The van der Waals surface area contributed by atoms with Gasteiger partial charge in [-0.3, -0.25) is 19.5 Å². The van der Waals surface area contributed by atoms with Crippen LogP contribution in [0, 0.1) is 10.1 Å². The summed E-state index contributed by atoms with van der Waals surface area (Å²) in [7, 11) is 0. The quantitative estimate of drug-likeness (QED) is 0.348. The molecule has 0 atom stereocenters. The Balaban J connectivity index is 1.78. The molecule has 6 nitrogen and oxygen atoms in total. The lowest BCUT2D eigenvalue weighted by Crippen LogP contribution is -2.25. The minimum Gasteiger partial charge on any atom is -0.292 e. The van der Waals surface area contributed by atoms with Crippen LogP contribution in [0.3, 0.4) is 0 Å². The second-order valence-corrected chi connectivity index (χ2v) is 6.83. The van der Waals surface area contributed by atoms with Gasteiger partial charge in [0.2, 0.25) is 0 Å². The van der Waals surface area contributed by atoms with Gasteiger partial charge in [-0.2, -0.15) is 0 Å². The molecule has 4 aromatic rings. The van der Waals surface area contributed by atoms with Gasteiger partial charge in [0.1, 0.15) is 5.82 Å². The van der Waals surface area contributed by atoms with E-state index >= 15 is 0 Å². The molecule has 0 N–H and O–H groups in total. The highest BCUT2D eigenvalue weighted by molar-refractivity contribution is 5.80. The molecule has 1 heterocycles. The highest BCUT2D eigenvalue weighted by atomic mass is 16.6. The lowest BCUT2D eigenvalue weighted by Gasteiger charge is -2.11. The average molecular weight is 397 g/mol. The summed E-state index contributed by atoms with van der Waals surface area (Å²) in [5.74, 6) is 0.466. The van der Waals surface area contributed by atoms with Crippen molar-refractivity contribution in [3.8, 4) is 0 Å². The van der Waals surface area contributed by atoms with Crippen LogP contribution in [0.5, 0.6) is 0 Å². The summed E-state index contributed by atoms with van der Waals surface area (Å²) in [4.78, 5) is 28.7. The van der Waals surface area contributed by atoms with Crippen molar-refractivity contribution in [2.45, 2.75) is 13.0 Å². The number of aryl methyl sites for hydroxylation is 1. The van der Waals surface area contributed by atoms with E-state index in [9.17, 15) is 14.9 Å². The van der Waals surface area contributed by atoms with Gasteiger partial charge in [-0.15, -0.1) is 0 Å². The average Bonchev–Trinajstić information content (AvgIpc) is 2.78. The molecule has 0 bridgehead atoms. The lowest BCUT2D eigenvalue weighted by atomic mass is 10.1. The lowest BCUT2D eigenvalue weighted by molar-refractivity contribution is -0.385. The Morgan fingerprint density at radius 1 is 0.900 bits per heavy atom. The first-order chi connectivity index (χ1) is 14.6. The molecule has 0 radical (unpaired) electrons. The fourth-order valence-electron chi connectivity index (χ4n) is 3.37. The Kier molecular flexibility index (Phi) is 5.48. The first-order valence-electron chi connectivity index (χ1n) is 9.58. The number of para-hydroxylation sites is 2. The first kappa shape index (κ1) is 19.3. The van der Waals surface area contributed by atoms with Crippen LogP contribution in [-0.2, 0) is 13.0 Å². The molecule has 0 saturated heterocycles. The van der Waals surface area contributed by atoms with E-state index in [4.69, 9.17) is 0 Å². The molecule has 6 heteroatoms. The summed E-state index contributed by atoms with van der Waals surface area (Å²) in [6, 6.07) is 23.6. The second-order valence-electron chi connectivity index (χ2n) is 6.83. The molecule has 4 rings (SSSR count). The van der Waals surface area contributed by atoms with E-state index in [1.54, 1.807) is 47.1 Å². The zero-order valence-electron chi connectivity index (χ0n) is 16.1. The van der Waals surface area contributed by atoms with Gasteiger partial charge < -0.3 is 0 Å². The van der Waals surface area contributed by atoms with Crippen molar-refractivity contribution in [3.05, 3.63) is 116 Å². The number of benzene rings is 3. The maximum absolute atomic E-state index is 13.1. The predicted octanol–water partition coefficient (Wildman–Crippen LogP) is 4.72. The number of aromatic nitrogens is 2. The Bertz CT molecular complexity index is 1290. The Morgan fingerprint density at radius 3 is 2.40 bits per heavy atom. The van der Waals surface area contributed by atoms with E-state index in [1.165, 1.54) is 6.07 Å². The number of hydrogen-bond acceptors (Lipinski definition) is 4. The van der Waals surface area contributed by atoms with Gasteiger partial charge in [0.25, 0.3) is 11.2 Å². The molecule has 0 aliphatic rings. The summed E-state index contributed by atoms with van der Waals surface area (Å²) in [6.07, 6.45) is 3.97. The normalized spacial score (nSPS) is 11.2. The zero-order chi connectivity index (χ0) is 20.9. The van der Waals surface area contributed by atoms with E-state index in [-0.39, 0.29) is 11.2 Å². The van der Waals surface area contributed by atoms with Crippen molar-refractivity contribution in [2.24, 2.45) is 0 Å². The van der Waals surface area contributed by atoms with Crippen molar-refractivity contribution in [2.75, 3.05) is 0 Å². The number of fused-ring (bicyclic) bond motifs is 1. The van der Waals surface area contributed by atoms with Gasteiger partial charge in [-0.05, 0) is 42.3 Å². The molecule has 3 aromatic carbocycles. The second kappa shape index (κ2) is 8.53. The molecule has 0 unspecified atom stereocenters. The van der Waals surface area contributed by atoms with Crippen molar-refractivity contribution in [1.29, 1.82) is 0 Å². The van der Waals surface area contributed by atoms with Crippen molar-refractivity contribution >= 4 is 28.7 Å². The third kappa shape index (κ3) is 4.03. The van der Waals surface area contributed by atoms with Gasteiger partial charge in [0.15, 0.2) is 0 Å². The fourth-order valence-corrected chi connectivity index (χ4v) is 3.37. The number of rotatable bonds is 6. The third-order valence-electron chi connectivity index (χ3n) is 4.90. The topological polar surface area (TPSA) is 78.0 Å². The predicted molar refractivity (Wildman–Crippen MR) is 118 cm³/mol. The molecule has 0 saturated carbocycles. The van der Waals surface area contributed by atoms with Gasteiger partial charge >= 0.3 is 0 Å². The smallest absolute Gasteiger partial charge is 0.276 e. The maximum Gasteiger partial charge on any atom is 0.276 e. The molecule has 0 fully saturated rings. The molecule has 0 aliphatic carbocycles. The van der Waals surface area contributed by atoms with Crippen molar-refractivity contribution < 1.29 is 4.92 Å². The van der Waals surface area contributed by atoms with Gasteiger partial charge in [0.05, 0.1) is 21.4 Å². The Morgan fingerprint density at radius 2 is 1.60 bits per heavy atom. The van der Waals surface area contributed by atoms with Crippen molar-refractivity contribution in [3.63, 3.8) is 0 Å². The third-order valence-corrected chi connectivity index (χ3v) is 4.90. The van der Waals surface area contributed by atoms with E-state index in [2.05, 4.69) is 4.98 Å². The highest BCUT2D eigenvalue weighted by Crippen LogP contribution is 2.20. The van der Waals surface area contributed by atoms with Crippen LogP contribution < -0.4 is 5.56 Å². The van der Waals surface area contributed by atoms with E-state index in [0.717, 1.165) is 5.56 Å². The van der Waals surface area contributed by atoms with Gasteiger partial charge in [-0.25, -0.2) is 4.98 Å². The Hall–Kier alpha value is -4.06. The number of nitrogens with zero attached hydrogens (tertiary/aromatic N) is 3. The molecule has 30 heavy (non-hydrogen) atoms. The van der Waals surface area contributed by atoms with E-state index in [0.29, 0.717) is 35.3 Å². The van der Waals surface area contributed by atoms with Gasteiger partial charge in [-0.1, -0.05) is 54.6 Å². The number of nitro benzene ring substituents is 1. The first-order valence-corrected chi connectivity index (χ1v) is 9.58. The zero-order valence-corrected chi connectivity index (χ0v) is 16.1. The van der Waals surface area contributed by atoms with E-state index < -0.39 is 4.92 Å². The summed E-state index contributed by atoms with van der Waals surface area (Å²) < 4.78 is 1.63. The van der Waals surface area contributed by atoms with Crippen LogP contribution in [0.2, 0.25) is 0 Å². The van der Waals surface area contributed by atoms with Crippen LogP contribution >= 0.6 is 0 Å². The maximum atomic E-state index is 13.1. The van der Waals surface area contributed by atoms with Crippen LogP contribution in [0.1, 0.15) is 17.0 Å². The highest BCUT2D eigenvalue weighted by Gasteiger charge is 2.12. The molecule has 148 valence electrons. The number of hydrogen-bond donors (Lipinski definition) is 0. The van der Waals surface area contributed by atoms with Crippen LogP contribution in [0.15, 0.2) is 83.7 Å². The van der Waals surface area contributed by atoms with E-state index in [1.807, 2.05) is 42.5 Å². The summed E-state index contributed by atoms with van der Waals surface area (Å²) in [6.45, 7) is 0.456. The molecular formula is C24H19N3O3. The summed E-state index contributed by atoms with van der Waals surface area (Å²) in [5.41, 5.74) is 2.05. The standard InChI is InChI=1S/C24H19N3O3/c28-24-20-11-5-6-12-21(20)25-23(26(24)17-16-18-8-2-1-3-9-18)15-14-19-10-4-7-13-22(19)27(29)30/h1-15H,16-17H2. The summed E-state index contributed by atoms with van der Waals surface area (Å²) >= 11 is 0. The van der Waals surface area contributed by atoms with Crippen LogP contribution in [0.4, 0.5) is 5.69 Å². The van der Waals surface area contributed by atoms with Crippen LogP contribution in [0.25, 0.3) is 23.1 Å². The SMILES string of the molecule is O=c1c2ccccc2nc(C=Cc2ccccc2[N+](=O)[O-])n1CCc1ccccc1. The van der Waals surface area contributed by atoms with Crippen LogP contribution in [-0.4, -0.2) is 14.5 Å². The minimum absolute atomic E-state index is 0.00715. The number of nitro groups is 1. The Labute approximate surface area is 172 Å². The minimum atomic E-state index is -0.421. The molecule has 1 aromatic heterocycles. The largest absolute Gasteiger partial charge is 0.292 e. The van der Waals surface area contributed by atoms with Gasteiger partial charge in [0, 0.05) is 12.6 Å².